The van der Waals surface area contributed by atoms with Crippen molar-refractivity contribution in [2.75, 3.05) is 46.0 Å². The molecule has 0 aliphatic heterocycles. The van der Waals surface area contributed by atoms with E-state index in [0.29, 0.717) is 12.2 Å². The van der Waals surface area contributed by atoms with Crippen LogP contribution in [0.1, 0.15) is 25.0 Å². The maximum absolute atomic E-state index is 10.3. The van der Waals surface area contributed by atoms with E-state index in [-0.39, 0.29) is 0 Å². The molecule has 0 fully saturated rings. The monoisotopic (exact) mass is 265 g/mol. The second kappa shape index (κ2) is 8.15. The lowest BCUT2D eigenvalue weighted by Crippen LogP contribution is -2.35. The van der Waals surface area contributed by atoms with Crippen molar-refractivity contribution in [1.82, 2.24) is 9.80 Å². The highest BCUT2D eigenvalue weighted by Crippen LogP contribution is 2.20. The Kier molecular flexibility index (Phi) is 6.84. The van der Waals surface area contributed by atoms with Crippen molar-refractivity contribution in [1.29, 1.82) is 0 Å². The number of nitrogens with two attached hydrogens (primary N) is 1. The van der Waals surface area contributed by atoms with Gasteiger partial charge in [0.15, 0.2) is 0 Å². The molecular weight excluding hydrogens is 238 g/mol. The van der Waals surface area contributed by atoms with Crippen LogP contribution in [-0.4, -0.2) is 55.2 Å². The van der Waals surface area contributed by atoms with Crippen LogP contribution in [0.5, 0.6) is 0 Å². The number of nitrogen functional groups attached to an aromatic ring is 1. The first-order valence-corrected chi connectivity index (χ1v) is 6.94. The maximum Gasteiger partial charge on any atom is 0.0936 e. The zero-order chi connectivity index (χ0) is 14.3. The van der Waals surface area contributed by atoms with E-state index in [9.17, 15) is 5.11 Å². The van der Waals surface area contributed by atoms with Gasteiger partial charge in [-0.2, -0.15) is 0 Å². The van der Waals surface area contributed by atoms with Gasteiger partial charge < -0.3 is 15.7 Å². The van der Waals surface area contributed by atoms with E-state index in [2.05, 4.69) is 30.8 Å². The first kappa shape index (κ1) is 16.0. The van der Waals surface area contributed by atoms with Crippen molar-refractivity contribution in [3.63, 3.8) is 0 Å². The largest absolute Gasteiger partial charge is 0.398 e. The van der Waals surface area contributed by atoms with Crippen molar-refractivity contribution in [2.24, 2.45) is 0 Å². The molecule has 1 unspecified atom stereocenters. The Balaban J connectivity index is 2.60. The topological polar surface area (TPSA) is 52.7 Å². The van der Waals surface area contributed by atoms with Crippen LogP contribution in [0, 0.1) is 0 Å². The van der Waals surface area contributed by atoms with Crippen LogP contribution in [0.2, 0.25) is 0 Å². The van der Waals surface area contributed by atoms with Crippen LogP contribution in [0.15, 0.2) is 24.3 Å². The van der Waals surface area contributed by atoms with Gasteiger partial charge in [0.05, 0.1) is 6.10 Å². The summed E-state index contributed by atoms with van der Waals surface area (Å²) in [6.07, 6.45) is 0.569. The van der Waals surface area contributed by atoms with Crippen molar-refractivity contribution in [3.8, 4) is 0 Å². The van der Waals surface area contributed by atoms with Gasteiger partial charge in [0, 0.05) is 30.9 Å². The standard InChI is InChI=1S/C15H27N3O/c1-4-9-18(11-10-17(2)3)12-15(19)13-7-5-6-8-14(13)16/h5-8,15,19H,4,9-12,16H2,1-3H3. The third-order valence-electron chi connectivity index (χ3n) is 3.19. The van der Waals surface area contributed by atoms with Gasteiger partial charge in [-0.3, -0.25) is 4.90 Å². The number of aliphatic hydroxyl groups excluding tert-OH is 1. The van der Waals surface area contributed by atoms with Gasteiger partial charge in [0.2, 0.25) is 0 Å². The molecule has 3 N–H and O–H groups in total. The number of para-hydroxylation sites is 1. The van der Waals surface area contributed by atoms with Crippen molar-refractivity contribution in [2.45, 2.75) is 19.4 Å². The fourth-order valence-corrected chi connectivity index (χ4v) is 2.11. The Hall–Kier alpha value is -1.10. The maximum atomic E-state index is 10.3. The zero-order valence-electron chi connectivity index (χ0n) is 12.3. The fourth-order valence-electron chi connectivity index (χ4n) is 2.11. The first-order valence-electron chi connectivity index (χ1n) is 6.94. The second-order valence-electron chi connectivity index (χ2n) is 5.25. The van der Waals surface area contributed by atoms with Crippen LogP contribution < -0.4 is 5.73 Å². The average Bonchev–Trinajstić information content (AvgIpc) is 2.36. The van der Waals surface area contributed by atoms with Crippen LogP contribution in [0.3, 0.4) is 0 Å². The van der Waals surface area contributed by atoms with Crippen molar-refractivity contribution >= 4 is 5.69 Å². The van der Waals surface area contributed by atoms with E-state index in [1.54, 1.807) is 0 Å². The minimum Gasteiger partial charge on any atom is -0.398 e. The van der Waals surface area contributed by atoms with Crippen molar-refractivity contribution < 1.29 is 5.11 Å². The number of hydrogen-bond acceptors (Lipinski definition) is 4. The molecule has 4 heteroatoms. The van der Waals surface area contributed by atoms with Crippen LogP contribution in [0.25, 0.3) is 0 Å². The first-order chi connectivity index (χ1) is 9.04. The summed E-state index contributed by atoms with van der Waals surface area (Å²) in [4.78, 5) is 4.45. The summed E-state index contributed by atoms with van der Waals surface area (Å²) in [6, 6.07) is 7.54. The molecule has 0 spiro atoms. The predicted octanol–water partition coefficient (Wildman–Crippen LogP) is 1.58. The Labute approximate surface area is 116 Å². The number of aliphatic hydroxyl groups is 1. The van der Waals surface area contributed by atoms with E-state index in [1.165, 1.54) is 0 Å². The molecule has 0 aliphatic rings. The molecule has 19 heavy (non-hydrogen) atoms. The van der Waals surface area contributed by atoms with E-state index < -0.39 is 6.10 Å². The molecule has 1 rings (SSSR count). The molecule has 0 heterocycles. The summed E-state index contributed by atoms with van der Waals surface area (Å²) < 4.78 is 0. The Morgan fingerprint density at radius 3 is 2.42 bits per heavy atom. The number of hydrogen-bond donors (Lipinski definition) is 2. The lowest BCUT2D eigenvalue weighted by molar-refractivity contribution is 0.109. The highest BCUT2D eigenvalue weighted by Gasteiger charge is 2.15. The van der Waals surface area contributed by atoms with Crippen molar-refractivity contribution in [3.05, 3.63) is 29.8 Å². The Morgan fingerprint density at radius 2 is 1.84 bits per heavy atom. The summed E-state index contributed by atoms with van der Waals surface area (Å²) in [5.74, 6) is 0. The summed E-state index contributed by atoms with van der Waals surface area (Å²) in [6.45, 7) is 5.75. The van der Waals surface area contributed by atoms with Crippen LogP contribution in [0.4, 0.5) is 5.69 Å². The van der Waals surface area contributed by atoms with E-state index in [4.69, 9.17) is 5.73 Å². The molecule has 4 nitrogen and oxygen atoms in total. The summed E-state index contributed by atoms with van der Waals surface area (Å²) >= 11 is 0. The molecule has 0 amide bonds. The third kappa shape index (κ3) is 5.59. The van der Waals surface area contributed by atoms with Gasteiger partial charge in [-0.1, -0.05) is 25.1 Å². The zero-order valence-corrected chi connectivity index (χ0v) is 12.3. The van der Waals surface area contributed by atoms with E-state index in [1.807, 2.05) is 24.3 Å². The summed E-state index contributed by atoms with van der Waals surface area (Å²) in [5.41, 5.74) is 7.40. The van der Waals surface area contributed by atoms with Crippen LogP contribution in [-0.2, 0) is 0 Å². The second-order valence-corrected chi connectivity index (χ2v) is 5.25. The predicted molar refractivity (Wildman–Crippen MR) is 81.1 cm³/mol. The number of likely N-dealkylation sites (N-methyl/N-ethyl adjacent to an activating group) is 1. The number of anilines is 1. The van der Waals surface area contributed by atoms with Gasteiger partial charge in [-0.15, -0.1) is 0 Å². The molecule has 0 saturated heterocycles. The molecule has 0 aliphatic carbocycles. The highest BCUT2D eigenvalue weighted by atomic mass is 16.3. The third-order valence-corrected chi connectivity index (χ3v) is 3.19. The number of nitrogens with zero attached hydrogens (tertiary/aromatic N) is 2. The fraction of sp³-hybridized carbons (Fsp3) is 0.600. The van der Waals surface area contributed by atoms with Gasteiger partial charge in [0.25, 0.3) is 0 Å². The molecule has 1 aromatic rings. The van der Waals surface area contributed by atoms with Gasteiger partial charge in [0.1, 0.15) is 0 Å². The Morgan fingerprint density at radius 1 is 1.16 bits per heavy atom. The number of rotatable bonds is 8. The summed E-state index contributed by atoms with van der Waals surface area (Å²) in [7, 11) is 4.13. The molecule has 1 aromatic carbocycles. The smallest absolute Gasteiger partial charge is 0.0936 e. The van der Waals surface area contributed by atoms with Gasteiger partial charge in [-0.25, -0.2) is 0 Å². The molecular formula is C15H27N3O. The minimum absolute atomic E-state index is 0.519. The normalized spacial score (nSPS) is 13.2. The summed E-state index contributed by atoms with van der Waals surface area (Å²) in [5, 5.41) is 10.3. The molecule has 0 saturated carbocycles. The molecule has 0 bridgehead atoms. The Bertz CT molecular complexity index is 368. The molecule has 1 atom stereocenters. The highest BCUT2D eigenvalue weighted by molar-refractivity contribution is 5.47. The van der Waals surface area contributed by atoms with E-state index in [0.717, 1.165) is 31.6 Å². The minimum atomic E-state index is -0.519. The average molecular weight is 265 g/mol. The van der Waals surface area contributed by atoms with Crippen LogP contribution >= 0.6 is 0 Å². The number of benzene rings is 1. The van der Waals surface area contributed by atoms with Gasteiger partial charge >= 0.3 is 0 Å². The molecule has 0 radical (unpaired) electrons. The van der Waals surface area contributed by atoms with Gasteiger partial charge in [-0.05, 0) is 33.1 Å². The molecule has 0 aromatic heterocycles. The van der Waals surface area contributed by atoms with E-state index >= 15 is 0 Å². The quantitative estimate of drug-likeness (QED) is 0.701. The lowest BCUT2D eigenvalue weighted by Gasteiger charge is -2.26. The SMILES string of the molecule is CCCN(CCN(C)C)CC(O)c1ccccc1N. The lowest BCUT2D eigenvalue weighted by atomic mass is 10.1. The molecule has 108 valence electrons.